The third kappa shape index (κ3) is 10.6. The van der Waals surface area contributed by atoms with Gasteiger partial charge in [0.05, 0.1) is 35.7 Å². The number of carbonyl (C=O) groups is 3. The summed E-state index contributed by atoms with van der Waals surface area (Å²) in [6, 6.07) is 4.63. The van der Waals surface area contributed by atoms with E-state index in [0.29, 0.717) is 51.0 Å². The number of unbranched alkanes of at least 4 members (excludes halogenated alkanes) is 1. The molecule has 0 spiro atoms. The van der Waals surface area contributed by atoms with E-state index in [1.54, 1.807) is 22.9 Å². The van der Waals surface area contributed by atoms with Gasteiger partial charge in [-0.3, -0.25) is 24.2 Å². The molecule has 0 aliphatic carbocycles. The molecule has 3 aliphatic rings. The van der Waals surface area contributed by atoms with Crippen molar-refractivity contribution >= 4 is 17.8 Å². The molecule has 1 amide bonds. The average molecular weight is 816 g/mol. The number of aliphatic hydroxyl groups excluding tert-OH is 1. The summed E-state index contributed by atoms with van der Waals surface area (Å²) in [4.78, 5) is 49.7. The van der Waals surface area contributed by atoms with Gasteiger partial charge in [0.25, 0.3) is 0 Å². The summed E-state index contributed by atoms with van der Waals surface area (Å²) >= 11 is 0. The number of hydrogen-bond acceptors (Lipinski definition) is 14. The smallest absolute Gasteiger partial charge is 0.410 e. The van der Waals surface area contributed by atoms with Gasteiger partial charge in [0.1, 0.15) is 29.6 Å². The molecule has 58 heavy (non-hydrogen) atoms. The molecule has 2 N–H and O–H groups in total. The molecule has 326 valence electrons. The second-order valence-corrected chi connectivity index (χ2v) is 16.9. The van der Waals surface area contributed by atoms with Gasteiger partial charge < -0.3 is 39.0 Å². The molecule has 0 saturated carbocycles. The lowest BCUT2D eigenvalue weighted by Crippen LogP contribution is -2.61. The minimum atomic E-state index is -1.22. The van der Waals surface area contributed by atoms with Crippen LogP contribution < -0.4 is 5.32 Å². The molecule has 16 heteroatoms. The molecule has 2 aromatic heterocycles. The normalized spacial score (nSPS) is 35.4. The molecule has 16 nitrogen and oxygen atoms in total. The number of pyridine rings is 1. The van der Waals surface area contributed by atoms with Gasteiger partial charge in [-0.15, -0.1) is 5.10 Å². The second-order valence-electron chi connectivity index (χ2n) is 16.9. The minimum absolute atomic E-state index is 0. The summed E-state index contributed by atoms with van der Waals surface area (Å²) < 4.78 is 33.0. The number of carbonyl (C=O) groups excluding carboxylic acids is 3. The zero-order valence-electron chi connectivity index (χ0n) is 35.4. The number of aryl methyl sites for hydroxylation is 1. The number of methoxy groups -OCH3 is 1. The molecule has 2 aromatic rings. The maximum Gasteiger partial charge on any atom is 0.410 e. The molecule has 3 aliphatic heterocycles. The highest BCUT2D eigenvalue weighted by molar-refractivity contribution is 5.99. The van der Waals surface area contributed by atoms with Crippen LogP contribution in [0, 0.1) is 11.8 Å². The number of cyclic esters (lactones) is 1. The lowest BCUT2D eigenvalue weighted by molar-refractivity contribution is -0.289. The number of aliphatic hydroxyl groups is 1. The summed E-state index contributed by atoms with van der Waals surface area (Å²) in [6.07, 6.45) is 1.85. The predicted molar refractivity (Wildman–Crippen MR) is 218 cm³/mol. The number of rotatable bonds is 11. The number of esters is 1. The lowest BCUT2D eigenvalue weighted by atomic mass is 9.83. The Bertz CT molecular complexity index is 1650. The monoisotopic (exact) mass is 816 g/mol. The maximum atomic E-state index is 14.0. The number of ether oxygens (including phenoxy) is 5. The summed E-state index contributed by atoms with van der Waals surface area (Å²) in [5.41, 5.74) is -0.795. The molecular weight excluding hydrogens is 747 g/mol. The van der Waals surface area contributed by atoms with Crippen molar-refractivity contribution < 1.29 is 43.2 Å². The maximum absolute atomic E-state index is 14.0. The van der Waals surface area contributed by atoms with Crippen molar-refractivity contribution in [3.63, 3.8) is 0 Å². The van der Waals surface area contributed by atoms with E-state index in [0.717, 1.165) is 12.1 Å². The van der Waals surface area contributed by atoms with Crippen molar-refractivity contribution in [1.29, 1.82) is 0 Å². The zero-order valence-corrected chi connectivity index (χ0v) is 35.4. The zero-order chi connectivity index (χ0) is 41.7. The van der Waals surface area contributed by atoms with Crippen LogP contribution in [0.15, 0.2) is 30.6 Å². The number of Topliss-reactive ketones (excluding diaryl/α,β-unsaturated/α-hetero) is 1. The molecule has 3 unspecified atom stereocenters. The molecule has 5 rings (SSSR count). The number of fused-ring (bicyclic) bond motifs is 1. The van der Waals surface area contributed by atoms with Crippen LogP contribution in [-0.4, -0.2) is 147 Å². The first-order valence-corrected chi connectivity index (χ1v) is 20.5. The van der Waals surface area contributed by atoms with E-state index in [1.165, 1.54) is 6.92 Å². The third-order valence-electron chi connectivity index (χ3n) is 12.2. The Hall–Kier alpha value is -3.54. The minimum Gasteiger partial charge on any atom is -0.458 e. The van der Waals surface area contributed by atoms with Crippen molar-refractivity contribution in [2.75, 3.05) is 34.3 Å². The van der Waals surface area contributed by atoms with Crippen LogP contribution in [0.1, 0.15) is 94.4 Å². The molecule has 3 fully saturated rings. The fourth-order valence-corrected chi connectivity index (χ4v) is 8.75. The van der Waals surface area contributed by atoms with Crippen LogP contribution in [0.2, 0.25) is 0 Å². The fraction of sp³-hybridized carbons (Fsp3) is 0.762. The molecule has 0 aromatic carbocycles. The Balaban J connectivity index is 0.00000744. The van der Waals surface area contributed by atoms with E-state index in [2.05, 4.69) is 27.5 Å². The van der Waals surface area contributed by atoms with E-state index in [-0.39, 0.29) is 38.0 Å². The third-order valence-corrected chi connectivity index (χ3v) is 12.2. The van der Waals surface area contributed by atoms with Crippen LogP contribution in [0.3, 0.4) is 0 Å². The number of amides is 1. The van der Waals surface area contributed by atoms with Crippen LogP contribution >= 0.6 is 0 Å². The van der Waals surface area contributed by atoms with Crippen molar-refractivity contribution in [2.45, 2.75) is 161 Å². The summed E-state index contributed by atoms with van der Waals surface area (Å²) in [6.45, 7) is 14.7. The van der Waals surface area contributed by atoms with E-state index >= 15 is 0 Å². The van der Waals surface area contributed by atoms with Crippen LogP contribution in [0.4, 0.5) is 4.79 Å². The van der Waals surface area contributed by atoms with Crippen molar-refractivity contribution in [3.8, 4) is 11.4 Å². The fourth-order valence-electron chi connectivity index (χ4n) is 8.75. The van der Waals surface area contributed by atoms with Crippen LogP contribution in [-0.2, 0) is 39.8 Å². The van der Waals surface area contributed by atoms with Gasteiger partial charge in [-0.2, -0.15) is 0 Å². The van der Waals surface area contributed by atoms with Gasteiger partial charge in [0, 0.05) is 44.9 Å². The van der Waals surface area contributed by atoms with Gasteiger partial charge in [-0.25, -0.2) is 4.79 Å². The standard InChI is InChI=1S/C41H65N7O9.CH4/c1-11-33-41(7)36(48(39(52)57-41)19-15-14-18-47-24-30(44-45-47)29-16-12-13-17-42-29)28(5)43-23-25(2)22-40(6,53-10)34(21-32(49)27(4)37(51)55-33)56-38-35(50)31(46(8)9)20-26(3)54-38;/h12-13,16-17,24-28,31,33-36,38,43,50H,11,14-15,18-23H2,1-10H3;1H4/t25-,26?,27-,28-,31?,33-,34-,35?,36-,38+,40-,41-;/m1./s1. The highest BCUT2D eigenvalue weighted by Gasteiger charge is 2.58. The Morgan fingerprint density at radius 1 is 1.07 bits per heavy atom. The van der Waals surface area contributed by atoms with Gasteiger partial charge in [-0.1, -0.05) is 32.6 Å². The number of ketones is 1. The Labute approximate surface area is 344 Å². The van der Waals surface area contributed by atoms with Gasteiger partial charge >= 0.3 is 12.1 Å². The molecule has 0 radical (unpaired) electrons. The highest BCUT2D eigenvalue weighted by Crippen LogP contribution is 2.39. The number of hydrogen-bond donors (Lipinski definition) is 2. The second kappa shape index (κ2) is 20.1. The van der Waals surface area contributed by atoms with Crippen molar-refractivity contribution in [1.82, 2.24) is 35.1 Å². The topological polar surface area (TPSA) is 180 Å². The van der Waals surface area contributed by atoms with Gasteiger partial charge in [0.15, 0.2) is 11.9 Å². The first-order valence-electron chi connectivity index (χ1n) is 20.5. The summed E-state index contributed by atoms with van der Waals surface area (Å²) in [5, 5.41) is 23.5. The molecule has 0 bridgehead atoms. The first-order chi connectivity index (χ1) is 27.0. The Morgan fingerprint density at radius 3 is 2.45 bits per heavy atom. The predicted octanol–water partition coefficient (Wildman–Crippen LogP) is 4.49. The van der Waals surface area contributed by atoms with E-state index < -0.39 is 65.6 Å². The quantitative estimate of drug-likeness (QED) is 0.184. The Kier molecular flexibility index (Phi) is 16.4. The number of nitrogens with zero attached hydrogens (tertiary/aromatic N) is 6. The SMILES string of the molecule is C.CC[C@H]1OC(=O)[C@H](C)C(=O)C[C@@H](O[C@@H]2OC(C)CC(N(C)C)C2O)[C@](C)(OC)C[C@@H](C)CN[C@H](C)[C@H]2N(CCCCn3cc(-c4ccccn4)nn3)C(=O)O[C@]12C. The van der Waals surface area contributed by atoms with E-state index in [9.17, 15) is 19.5 Å². The van der Waals surface area contributed by atoms with E-state index in [4.69, 9.17) is 23.7 Å². The molecular formula is C42H69N7O9. The van der Waals surface area contributed by atoms with Crippen LogP contribution in [0.5, 0.6) is 0 Å². The number of nitrogens with one attached hydrogen (secondary N) is 1. The van der Waals surface area contributed by atoms with Gasteiger partial charge in [0.2, 0.25) is 0 Å². The molecule has 3 saturated heterocycles. The lowest BCUT2D eigenvalue weighted by Gasteiger charge is -2.45. The largest absolute Gasteiger partial charge is 0.458 e. The number of likely N-dealkylation sites (N-methyl/N-ethyl adjacent to an activating group) is 1. The van der Waals surface area contributed by atoms with Crippen molar-refractivity contribution in [2.24, 2.45) is 11.8 Å². The molecule has 12 atom stereocenters. The van der Waals surface area contributed by atoms with Crippen molar-refractivity contribution in [3.05, 3.63) is 30.6 Å². The Morgan fingerprint density at radius 2 is 1.79 bits per heavy atom. The first kappa shape index (κ1) is 47.1. The van der Waals surface area contributed by atoms with Gasteiger partial charge in [-0.05, 0) is 105 Å². The number of aromatic nitrogens is 4. The summed E-state index contributed by atoms with van der Waals surface area (Å²) in [7, 11) is 5.38. The molecule has 5 heterocycles. The summed E-state index contributed by atoms with van der Waals surface area (Å²) in [5.74, 6) is -2.26. The van der Waals surface area contributed by atoms with E-state index in [1.807, 2.05) is 78.0 Å². The average Bonchev–Trinajstić information content (AvgIpc) is 3.76. The van der Waals surface area contributed by atoms with Crippen LogP contribution in [0.25, 0.3) is 11.4 Å². The highest BCUT2D eigenvalue weighted by atomic mass is 16.7.